The van der Waals surface area contributed by atoms with Gasteiger partial charge in [-0.3, -0.25) is 9.10 Å². The molecule has 156 valence electrons. The minimum Gasteiger partial charge on any atom is -0.495 e. The Morgan fingerprint density at radius 2 is 1.97 bits per heavy atom. The maximum absolute atomic E-state index is 13.1. The van der Waals surface area contributed by atoms with Crippen molar-refractivity contribution < 1.29 is 17.9 Å². The molecule has 0 aromatic heterocycles. The summed E-state index contributed by atoms with van der Waals surface area (Å²) in [6.45, 7) is 3.47. The number of methoxy groups -OCH3 is 1. The quantitative estimate of drug-likeness (QED) is 0.784. The summed E-state index contributed by atoms with van der Waals surface area (Å²) < 4.78 is 31.8. The number of benzene rings is 2. The van der Waals surface area contributed by atoms with E-state index in [2.05, 4.69) is 11.4 Å². The summed E-state index contributed by atoms with van der Waals surface area (Å²) in [5, 5.41) is 3.06. The molecule has 0 fully saturated rings. The van der Waals surface area contributed by atoms with Crippen LogP contribution in [0.3, 0.4) is 0 Å². The fraction of sp³-hybridized carbons (Fsp3) is 0.409. The number of nitrogens with zero attached hydrogens (tertiary/aromatic N) is 1. The molecule has 0 radical (unpaired) electrons. The third-order valence-corrected chi connectivity index (χ3v) is 6.57. The molecule has 7 heteroatoms. The van der Waals surface area contributed by atoms with Crippen molar-refractivity contribution >= 4 is 21.6 Å². The number of rotatable bonds is 6. The Kier molecular flexibility index (Phi) is 6.17. The normalized spacial score (nSPS) is 17.2. The van der Waals surface area contributed by atoms with Crippen LogP contribution in [0.25, 0.3) is 0 Å². The molecule has 1 N–H and O–H groups in total. The molecular weight excluding hydrogens is 388 g/mol. The van der Waals surface area contributed by atoms with Crippen LogP contribution in [0.15, 0.2) is 42.5 Å². The minimum absolute atomic E-state index is 0.115. The first-order chi connectivity index (χ1) is 13.7. The minimum atomic E-state index is -3.72. The summed E-state index contributed by atoms with van der Waals surface area (Å²) in [6, 6.07) is 12.3. The summed E-state index contributed by atoms with van der Waals surface area (Å²) in [6.07, 6.45) is 3.92. The van der Waals surface area contributed by atoms with Gasteiger partial charge in [-0.2, -0.15) is 0 Å². The largest absolute Gasteiger partial charge is 0.495 e. The first kappa shape index (κ1) is 21.2. The molecule has 29 heavy (non-hydrogen) atoms. The van der Waals surface area contributed by atoms with Crippen LogP contribution in [0.5, 0.6) is 5.75 Å². The van der Waals surface area contributed by atoms with Crippen molar-refractivity contribution in [3.63, 3.8) is 0 Å². The van der Waals surface area contributed by atoms with Crippen molar-refractivity contribution in [2.75, 3.05) is 17.7 Å². The van der Waals surface area contributed by atoms with E-state index in [1.54, 1.807) is 19.1 Å². The van der Waals surface area contributed by atoms with Gasteiger partial charge >= 0.3 is 0 Å². The Balaban J connectivity index is 1.91. The third kappa shape index (κ3) is 4.56. The topological polar surface area (TPSA) is 75.7 Å². The van der Waals surface area contributed by atoms with Gasteiger partial charge in [-0.05, 0) is 61.9 Å². The van der Waals surface area contributed by atoms with Crippen LogP contribution < -0.4 is 14.4 Å². The Hall–Kier alpha value is -2.54. The molecule has 1 aliphatic rings. The first-order valence-corrected chi connectivity index (χ1v) is 11.6. The molecule has 0 heterocycles. The van der Waals surface area contributed by atoms with Gasteiger partial charge in [0.1, 0.15) is 11.8 Å². The molecule has 6 nitrogen and oxygen atoms in total. The van der Waals surface area contributed by atoms with Gasteiger partial charge in [-0.25, -0.2) is 8.42 Å². The number of ether oxygens (including phenoxy) is 1. The van der Waals surface area contributed by atoms with E-state index >= 15 is 0 Å². The fourth-order valence-electron chi connectivity index (χ4n) is 3.95. The average molecular weight is 417 g/mol. The number of hydrogen-bond donors (Lipinski definition) is 1. The van der Waals surface area contributed by atoms with Crippen LogP contribution in [0.4, 0.5) is 5.69 Å². The number of nitrogens with one attached hydrogen (secondary N) is 1. The lowest BCUT2D eigenvalue weighted by Crippen LogP contribution is -2.49. The van der Waals surface area contributed by atoms with E-state index in [-0.39, 0.29) is 11.9 Å². The molecule has 2 aromatic rings. The van der Waals surface area contributed by atoms with Gasteiger partial charge in [0, 0.05) is 0 Å². The van der Waals surface area contributed by atoms with Crippen molar-refractivity contribution in [1.29, 1.82) is 0 Å². The van der Waals surface area contributed by atoms with Crippen LogP contribution in [0.1, 0.15) is 42.5 Å². The van der Waals surface area contributed by atoms with Crippen LogP contribution in [-0.2, 0) is 21.2 Å². The Morgan fingerprint density at radius 3 is 2.66 bits per heavy atom. The molecule has 1 amide bonds. The van der Waals surface area contributed by atoms with Crippen molar-refractivity contribution in [2.24, 2.45) is 0 Å². The summed E-state index contributed by atoms with van der Waals surface area (Å²) >= 11 is 0. The zero-order valence-electron chi connectivity index (χ0n) is 17.3. The second-order valence-electron chi connectivity index (χ2n) is 7.56. The number of fused-ring (bicyclic) bond motifs is 1. The number of anilines is 1. The van der Waals surface area contributed by atoms with Gasteiger partial charge in [0.15, 0.2) is 0 Å². The van der Waals surface area contributed by atoms with Crippen LogP contribution in [-0.4, -0.2) is 33.7 Å². The Labute approximate surface area is 172 Å². The molecule has 3 rings (SSSR count). The standard InChI is InChI=1S/C22H28N2O4S/c1-15-12-13-21(28-3)20(14-15)24(29(4,26)27)16(2)22(25)23-19-11-7-9-17-8-5-6-10-18(17)19/h5-6,8,10,12-14,16,19H,7,9,11H2,1-4H3,(H,23,25)/t16-,19+/m1/s1. The number of aryl methyl sites for hydroxylation is 2. The van der Waals surface area contributed by atoms with Gasteiger partial charge < -0.3 is 10.1 Å². The van der Waals surface area contributed by atoms with Crippen molar-refractivity contribution in [3.8, 4) is 5.75 Å². The van der Waals surface area contributed by atoms with E-state index < -0.39 is 16.1 Å². The average Bonchev–Trinajstić information content (AvgIpc) is 2.67. The molecule has 1 aliphatic carbocycles. The summed E-state index contributed by atoms with van der Waals surface area (Å²) in [4.78, 5) is 13.1. The number of sulfonamides is 1. The predicted octanol–water partition coefficient (Wildman–Crippen LogP) is 3.35. The van der Waals surface area contributed by atoms with E-state index in [0.29, 0.717) is 11.4 Å². The zero-order chi connectivity index (χ0) is 21.2. The maximum Gasteiger partial charge on any atom is 0.244 e. The van der Waals surface area contributed by atoms with E-state index in [0.717, 1.165) is 41.0 Å². The second-order valence-corrected chi connectivity index (χ2v) is 9.42. The van der Waals surface area contributed by atoms with Crippen LogP contribution in [0.2, 0.25) is 0 Å². The number of amides is 1. The van der Waals surface area contributed by atoms with Crippen LogP contribution >= 0.6 is 0 Å². The molecule has 2 atom stereocenters. The highest BCUT2D eigenvalue weighted by molar-refractivity contribution is 7.92. The second kappa shape index (κ2) is 8.45. The summed E-state index contributed by atoms with van der Waals surface area (Å²) in [7, 11) is -2.24. The van der Waals surface area contributed by atoms with Gasteiger partial charge in [-0.1, -0.05) is 30.3 Å². The van der Waals surface area contributed by atoms with Crippen molar-refractivity contribution in [2.45, 2.75) is 45.2 Å². The van der Waals surface area contributed by atoms with Gasteiger partial charge in [0.2, 0.25) is 15.9 Å². The molecule has 0 unspecified atom stereocenters. The highest BCUT2D eigenvalue weighted by Crippen LogP contribution is 2.34. The number of carbonyl (C=O) groups is 1. The lowest BCUT2D eigenvalue weighted by atomic mass is 9.87. The fourth-order valence-corrected chi connectivity index (χ4v) is 5.12. The highest BCUT2D eigenvalue weighted by atomic mass is 32.2. The molecule has 0 saturated carbocycles. The van der Waals surface area contributed by atoms with Gasteiger partial charge in [0.25, 0.3) is 0 Å². The molecule has 2 aromatic carbocycles. The number of carbonyl (C=O) groups excluding carboxylic acids is 1. The van der Waals surface area contributed by atoms with Crippen molar-refractivity contribution in [1.82, 2.24) is 5.32 Å². The predicted molar refractivity (Wildman–Crippen MR) is 115 cm³/mol. The lowest BCUT2D eigenvalue weighted by Gasteiger charge is -2.32. The summed E-state index contributed by atoms with van der Waals surface area (Å²) in [5.74, 6) is 0.0735. The third-order valence-electron chi connectivity index (χ3n) is 5.35. The molecule has 0 saturated heterocycles. The zero-order valence-corrected chi connectivity index (χ0v) is 18.1. The van der Waals surface area contributed by atoms with E-state index in [4.69, 9.17) is 4.74 Å². The van der Waals surface area contributed by atoms with E-state index in [9.17, 15) is 13.2 Å². The van der Waals surface area contributed by atoms with Crippen LogP contribution in [0, 0.1) is 6.92 Å². The van der Waals surface area contributed by atoms with Gasteiger partial charge in [-0.15, -0.1) is 0 Å². The maximum atomic E-state index is 13.1. The molecular formula is C22H28N2O4S. The van der Waals surface area contributed by atoms with E-state index in [1.165, 1.54) is 12.7 Å². The number of hydrogen-bond acceptors (Lipinski definition) is 4. The van der Waals surface area contributed by atoms with E-state index in [1.807, 2.05) is 31.2 Å². The molecule has 0 aliphatic heterocycles. The van der Waals surface area contributed by atoms with Crippen molar-refractivity contribution in [3.05, 3.63) is 59.2 Å². The first-order valence-electron chi connectivity index (χ1n) is 9.74. The SMILES string of the molecule is COc1ccc(C)cc1N([C@H](C)C(=O)N[C@H]1CCCc2ccccc21)S(C)(=O)=O. The monoisotopic (exact) mass is 416 g/mol. The molecule has 0 spiro atoms. The Morgan fingerprint density at radius 1 is 1.24 bits per heavy atom. The highest BCUT2D eigenvalue weighted by Gasteiger charge is 2.33. The van der Waals surface area contributed by atoms with Gasteiger partial charge in [0.05, 0.1) is 25.1 Å². The lowest BCUT2D eigenvalue weighted by molar-refractivity contribution is -0.122. The molecule has 0 bridgehead atoms. The smallest absolute Gasteiger partial charge is 0.244 e. The summed E-state index contributed by atoms with van der Waals surface area (Å²) in [5.41, 5.74) is 3.58. The Bertz CT molecular complexity index is 1000.